The van der Waals surface area contributed by atoms with E-state index in [0.717, 1.165) is 12.1 Å². The number of fused-ring (bicyclic) bond motifs is 1. The van der Waals surface area contributed by atoms with Crippen molar-refractivity contribution < 1.29 is 27.8 Å². The number of aromatic nitrogens is 3. The fourth-order valence-electron chi connectivity index (χ4n) is 3.73. The number of hydrogen-bond acceptors (Lipinski definition) is 7. The molecule has 2 aliphatic rings. The van der Waals surface area contributed by atoms with E-state index in [2.05, 4.69) is 10.1 Å². The molecule has 1 saturated heterocycles. The molecule has 1 aliphatic heterocycles. The van der Waals surface area contributed by atoms with E-state index in [9.17, 15) is 13.6 Å². The van der Waals surface area contributed by atoms with E-state index in [1.165, 1.54) is 6.33 Å². The molecule has 152 valence electrons. The Kier molecular flexibility index (Phi) is 5.05. The third kappa shape index (κ3) is 4.01. The van der Waals surface area contributed by atoms with E-state index in [-0.39, 0.29) is 44.5 Å². The minimum Gasteiger partial charge on any atom is -0.432 e. The zero-order valence-corrected chi connectivity index (χ0v) is 15.2. The van der Waals surface area contributed by atoms with Crippen LogP contribution in [0.2, 0.25) is 0 Å². The summed E-state index contributed by atoms with van der Waals surface area (Å²) >= 11 is 0. The third-order valence-electron chi connectivity index (χ3n) is 5.26. The normalized spacial score (nSPS) is 25.1. The van der Waals surface area contributed by atoms with Gasteiger partial charge in [-0.2, -0.15) is 5.10 Å². The Bertz CT molecular complexity index is 849. The minimum atomic E-state index is -2.66. The van der Waals surface area contributed by atoms with Gasteiger partial charge in [-0.1, -0.05) is 0 Å². The second kappa shape index (κ2) is 7.50. The average molecular weight is 396 g/mol. The van der Waals surface area contributed by atoms with Crippen LogP contribution in [-0.4, -0.2) is 45.5 Å². The van der Waals surface area contributed by atoms with Gasteiger partial charge < -0.3 is 19.9 Å². The van der Waals surface area contributed by atoms with Gasteiger partial charge in [-0.15, -0.1) is 0 Å². The van der Waals surface area contributed by atoms with Crippen molar-refractivity contribution >= 4 is 17.5 Å². The quantitative estimate of drug-likeness (QED) is 0.792. The van der Waals surface area contributed by atoms with Crippen LogP contribution >= 0.6 is 0 Å². The molecule has 2 fully saturated rings. The van der Waals surface area contributed by atoms with E-state index >= 15 is 0 Å². The van der Waals surface area contributed by atoms with Crippen molar-refractivity contribution in [1.82, 2.24) is 14.6 Å². The number of hydrogen-bond donors (Lipinski definition) is 1. The Morgan fingerprint density at radius 1 is 1.29 bits per heavy atom. The largest absolute Gasteiger partial charge is 0.508 e. The first-order valence-electron chi connectivity index (χ1n) is 9.36. The standard InChI is InChI=1S/C18H22F2N4O4/c19-18(20)7-5-11(6-8-18)28-17(25)26-9-12-1-4-15(27-12)13-2-3-14-16(21)22-10-23-24(13)14/h2-3,10-12,15H,1,4-9H2,(H2,21,22,23). The summed E-state index contributed by atoms with van der Waals surface area (Å²) < 4.78 is 44.2. The van der Waals surface area contributed by atoms with Crippen molar-refractivity contribution in [1.29, 1.82) is 0 Å². The molecule has 1 aliphatic carbocycles. The Balaban J connectivity index is 1.26. The molecule has 2 atom stereocenters. The summed E-state index contributed by atoms with van der Waals surface area (Å²) in [4.78, 5) is 15.8. The molecule has 8 nitrogen and oxygen atoms in total. The first-order chi connectivity index (χ1) is 13.4. The summed E-state index contributed by atoms with van der Waals surface area (Å²) in [5.74, 6) is -2.27. The maximum absolute atomic E-state index is 13.1. The van der Waals surface area contributed by atoms with Gasteiger partial charge in [0.05, 0.1) is 11.8 Å². The van der Waals surface area contributed by atoms with Crippen LogP contribution in [0.4, 0.5) is 19.4 Å². The molecule has 0 radical (unpaired) electrons. The number of nitrogens with zero attached hydrogens (tertiary/aromatic N) is 3. The second-order valence-electron chi connectivity index (χ2n) is 7.26. The van der Waals surface area contributed by atoms with Crippen LogP contribution in [0.3, 0.4) is 0 Å². The van der Waals surface area contributed by atoms with Crippen LogP contribution in [0.25, 0.3) is 5.52 Å². The second-order valence-corrected chi connectivity index (χ2v) is 7.26. The number of anilines is 1. The van der Waals surface area contributed by atoms with Crippen molar-refractivity contribution in [3.8, 4) is 0 Å². The molecule has 0 spiro atoms. The summed E-state index contributed by atoms with van der Waals surface area (Å²) in [6.07, 6.45) is 0.802. The van der Waals surface area contributed by atoms with Gasteiger partial charge in [0.25, 0.3) is 0 Å². The number of carbonyl (C=O) groups excluding carboxylic acids is 1. The Hall–Kier alpha value is -2.49. The van der Waals surface area contributed by atoms with Gasteiger partial charge in [-0.25, -0.2) is 23.1 Å². The molecule has 0 bridgehead atoms. The molecule has 0 amide bonds. The summed E-state index contributed by atoms with van der Waals surface area (Å²) in [6, 6.07) is 3.73. The molecular formula is C18H22F2N4O4. The molecule has 4 rings (SSSR count). The predicted molar refractivity (Wildman–Crippen MR) is 93.9 cm³/mol. The molecule has 2 aromatic rings. The molecule has 28 heavy (non-hydrogen) atoms. The van der Waals surface area contributed by atoms with Crippen LogP contribution in [0.15, 0.2) is 18.5 Å². The zero-order chi connectivity index (χ0) is 19.7. The van der Waals surface area contributed by atoms with Gasteiger partial charge in [-0.3, -0.25) is 0 Å². The molecule has 3 heterocycles. The van der Waals surface area contributed by atoms with Crippen molar-refractivity contribution in [2.75, 3.05) is 12.3 Å². The number of halogens is 2. The number of alkyl halides is 2. The average Bonchev–Trinajstić information content (AvgIpc) is 3.29. The Morgan fingerprint density at radius 3 is 2.86 bits per heavy atom. The zero-order valence-electron chi connectivity index (χ0n) is 15.2. The van der Waals surface area contributed by atoms with Crippen molar-refractivity contribution in [2.24, 2.45) is 0 Å². The van der Waals surface area contributed by atoms with Crippen molar-refractivity contribution in [2.45, 2.75) is 62.8 Å². The van der Waals surface area contributed by atoms with Gasteiger partial charge in [0.2, 0.25) is 5.92 Å². The molecule has 0 aromatic carbocycles. The van der Waals surface area contributed by atoms with Crippen LogP contribution < -0.4 is 5.73 Å². The van der Waals surface area contributed by atoms with Gasteiger partial charge in [0, 0.05) is 12.8 Å². The van der Waals surface area contributed by atoms with Crippen LogP contribution in [0.5, 0.6) is 0 Å². The molecule has 10 heteroatoms. The maximum Gasteiger partial charge on any atom is 0.508 e. The highest BCUT2D eigenvalue weighted by Gasteiger charge is 2.37. The van der Waals surface area contributed by atoms with Crippen molar-refractivity contribution in [3.63, 3.8) is 0 Å². The minimum absolute atomic E-state index is 0.0542. The monoisotopic (exact) mass is 396 g/mol. The highest BCUT2D eigenvalue weighted by Crippen LogP contribution is 2.35. The predicted octanol–water partition coefficient (Wildman–Crippen LogP) is 3.26. The molecular weight excluding hydrogens is 374 g/mol. The highest BCUT2D eigenvalue weighted by molar-refractivity contribution is 5.65. The van der Waals surface area contributed by atoms with E-state index < -0.39 is 18.2 Å². The molecule has 2 unspecified atom stereocenters. The Morgan fingerprint density at radius 2 is 2.07 bits per heavy atom. The van der Waals surface area contributed by atoms with E-state index in [4.69, 9.17) is 19.9 Å². The van der Waals surface area contributed by atoms with Gasteiger partial charge in [0.1, 0.15) is 30.7 Å². The summed E-state index contributed by atoms with van der Waals surface area (Å²) in [6.45, 7) is 0.0542. The lowest BCUT2D eigenvalue weighted by atomic mass is 9.94. The smallest absolute Gasteiger partial charge is 0.432 e. The van der Waals surface area contributed by atoms with Gasteiger partial charge in [0.15, 0.2) is 5.82 Å². The Labute approximate surface area is 159 Å². The summed E-state index contributed by atoms with van der Waals surface area (Å²) in [5, 5.41) is 4.21. The molecule has 1 saturated carbocycles. The fourth-order valence-corrected chi connectivity index (χ4v) is 3.73. The van der Waals surface area contributed by atoms with E-state index in [0.29, 0.717) is 17.8 Å². The lowest BCUT2D eigenvalue weighted by Crippen LogP contribution is -2.31. The summed E-state index contributed by atoms with van der Waals surface area (Å²) in [5.41, 5.74) is 7.41. The first kappa shape index (κ1) is 18.9. The van der Waals surface area contributed by atoms with E-state index in [1.54, 1.807) is 4.52 Å². The van der Waals surface area contributed by atoms with Crippen molar-refractivity contribution in [3.05, 3.63) is 24.2 Å². The van der Waals surface area contributed by atoms with Gasteiger partial charge >= 0.3 is 6.16 Å². The lowest BCUT2D eigenvalue weighted by molar-refractivity contribution is -0.0789. The number of rotatable bonds is 4. The first-order valence-corrected chi connectivity index (χ1v) is 9.36. The van der Waals surface area contributed by atoms with E-state index in [1.807, 2.05) is 12.1 Å². The number of nitrogen functional groups attached to an aromatic ring is 1. The van der Waals surface area contributed by atoms with Gasteiger partial charge in [-0.05, 0) is 37.8 Å². The molecule has 2 aromatic heterocycles. The van der Waals surface area contributed by atoms with Crippen LogP contribution in [-0.2, 0) is 14.2 Å². The lowest BCUT2D eigenvalue weighted by Gasteiger charge is -2.27. The third-order valence-corrected chi connectivity index (χ3v) is 5.26. The SMILES string of the molecule is Nc1ncnn2c(C3CCC(COC(=O)OC4CCC(F)(F)CC4)O3)ccc12. The fraction of sp³-hybridized carbons (Fsp3) is 0.611. The maximum atomic E-state index is 13.1. The highest BCUT2D eigenvalue weighted by atomic mass is 19.3. The van der Waals surface area contributed by atoms with Crippen LogP contribution in [0, 0.1) is 0 Å². The van der Waals surface area contributed by atoms with Crippen LogP contribution in [0.1, 0.15) is 50.3 Å². The number of ether oxygens (including phenoxy) is 3. The molecule has 2 N–H and O–H groups in total. The number of nitrogens with two attached hydrogens (primary N) is 1. The topological polar surface area (TPSA) is 101 Å². The summed E-state index contributed by atoms with van der Waals surface area (Å²) in [7, 11) is 0. The number of carbonyl (C=O) groups is 1.